The summed E-state index contributed by atoms with van der Waals surface area (Å²) in [5.74, 6) is 0.758. The highest BCUT2D eigenvalue weighted by Crippen LogP contribution is 2.39. The molecule has 1 aromatic heterocycles. The van der Waals surface area contributed by atoms with Gasteiger partial charge in [0, 0.05) is 10.8 Å². The van der Waals surface area contributed by atoms with Crippen LogP contribution in [0.1, 0.15) is 85.3 Å². The number of nitrogens with one attached hydrogen (secondary N) is 1. The largest absolute Gasteiger partial charge is 0.312 e. The van der Waals surface area contributed by atoms with Crippen molar-refractivity contribution in [2.24, 2.45) is 0 Å². The average molecular weight is 278 g/mol. The zero-order chi connectivity index (χ0) is 13.1. The highest BCUT2D eigenvalue weighted by atomic mass is 32.1. The van der Waals surface area contributed by atoms with Crippen LogP contribution in [0.5, 0.6) is 0 Å². The number of rotatable bonds is 2. The lowest BCUT2D eigenvalue weighted by molar-refractivity contribution is 0.450. The third kappa shape index (κ3) is 3.03. The number of aryl methyl sites for hydroxylation is 1. The first-order valence-corrected chi connectivity index (χ1v) is 8.87. The molecule has 1 heterocycles. The fourth-order valence-corrected chi connectivity index (χ4v) is 4.93. The first-order chi connectivity index (χ1) is 9.38. The van der Waals surface area contributed by atoms with Gasteiger partial charge in [-0.15, -0.1) is 11.3 Å². The molecule has 1 aromatic rings. The lowest BCUT2D eigenvalue weighted by Gasteiger charge is -2.20. The van der Waals surface area contributed by atoms with Crippen LogP contribution >= 0.6 is 11.3 Å². The molecule has 0 aliphatic heterocycles. The quantitative estimate of drug-likeness (QED) is 0.857. The average Bonchev–Trinajstić information content (AvgIpc) is 2.81. The van der Waals surface area contributed by atoms with Gasteiger partial charge < -0.3 is 5.32 Å². The Morgan fingerprint density at radius 1 is 1.00 bits per heavy atom. The Labute approximate surface area is 121 Å². The Kier molecular flexibility index (Phi) is 4.54. The van der Waals surface area contributed by atoms with E-state index in [1.807, 2.05) is 11.3 Å². The standard InChI is InChI=1S/C16H26N2S/c1-17-13-10-7-11-14-15(13)18-16(19-14)12-8-5-3-2-4-6-9-12/h12-13,17H,2-11H2,1H3. The molecule has 0 amide bonds. The maximum absolute atomic E-state index is 5.06. The van der Waals surface area contributed by atoms with Gasteiger partial charge in [-0.2, -0.15) is 0 Å². The summed E-state index contributed by atoms with van der Waals surface area (Å²) in [6.07, 6.45) is 13.7. The number of hydrogen-bond acceptors (Lipinski definition) is 3. The van der Waals surface area contributed by atoms with E-state index in [2.05, 4.69) is 12.4 Å². The summed E-state index contributed by atoms with van der Waals surface area (Å²) in [5, 5.41) is 4.90. The fourth-order valence-electron chi connectivity index (χ4n) is 3.60. The van der Waals surface area contributed by atoms with Crippen LogP contribution in [0.2, 0.25) is 0 Å². The summed E-state index contributed by atoms with van der Waals surface area (Å²) in [6.45, 7) is 0. The third-order valence-corrected chi connectivity index (χ3v) is 6.07. The van der Waals surface area contributed by atoms with Gasteiger partial charge >= 0.3 is 0 Å². The second kappa shape index (κ2) is 6.36. The van der Waals surface area contributed by atoms with Crippen LogP contribution in [-0.4, -0.2) is 12.0 Å². The smallest absolute Gasteiger partial charge is 0.0962 e. The second-order valence-electron chi connectivity index (χ2n) is 6.14. The zero-order valence-electron chi connectivity index (χ0n) is 12.1. The van der Waals surface area contributed by atoms with Crippen LogP contribution in [0, 0.1) is 0 Å². The normalized spacial score (nSPS) is 25.6. The van der Waals surface area contributed by atoms with Crippen LogP contribution < -0.4 is 5.32 Å². The van der Waals surface area contributed by atoms with Gasteiger partial charge in [-0.05, 0) is 39.2 Å². The molecule has 1 N–H and O–H groups in total. The van der Waals surface area contributed by atoms with Crippen molar-refractivity contribution in [1.29, 1.82) is 0 Å². The summed E-state index contributed by atoms with van der Waals surface area (Å²) in [4.78, 5) is 6.63. The molecule has 2 aliphatic rings. The molecular formula is C16H26N2S. The predicted octanol–water partition coefficient (Wildman–Crippen LogP) is 4.57. The van der Waals surface area contributed by atoms with E-state index >= 15 is 0 Å². The number of thiazole rings is 1. The van der Waals surface area contributed by atoms with Gasteiger partial charge in [0.15, 0.2) is 0 Å². The molecule has 1 fully saturated rings. The predicted molar refractivity (Wildman–Crippen MR) is 81.9 cm³/mol. The number of fused-ring (bicyclic) bond motifs is 1. The van der Waals surface area contributed by atoms with Gasteiger partial charge in [0.2, 0.25) is 0 Å². The van der Waals surface area contributed by atoms with Gasteiger partial charge in [0.25, 0.3) is 0 Å². The van der Waals surface area contributed by atoms with Crippen molar-refractivity contribution in [3.63, 3.8) is 0 Å². The van der Waals surface area contributed by atoms with Gasteiger partial charge in [0.1, 0.15) is 0 Å². The molecule has 106 valence electrons. The highest BCUT2D eigenvalue weighted by Gasteiger charge is 2.26. The Balaban J connectivity index is 1.78. The first-order valence-electron chi connectivity index (χ1n) is 8.05. The Morgan fingerprint density at radius 3 is 2.47 bits per heavy atom. The van der Waals surface area contributed by atoms with E-state index in [0.29, 0.717) is 6.04 Å². The zero-order valence-corrected chi connectivity index (χ0v) is 12.9. The van der Waals surface area contributed by atoms with Crippen molar-refractivity contribution in [2.45, 2.75) is 76.2 Å². The summed E-state index contributed by atoms with van der Waals surface area (Å²) >= 11 is 2.03. The van der Waals surface area contributed by atoms with E-state index < -0.39 is 0 Å². The summed E-state index contributed by atoms with van der Waals surface area (Å²) < 4.78 is 0. The van der Waals surface area contributed by atoms with Crippen molar-refractivity contribution in [3.05, 3.63) is 15.6 Å². The molecule has 1 atom stereocenters. The lowest BCUT2D eigenvalue weighted by atomic mass is 9.91. The minimum Gasteiger partial charge on any atom is -0.312 e. The van der Waals surface area contributed by atoms with Crippen LogP contribution in [0.3, 0.4) is 0 Å². The van der Waals surface area contributed by atoms with Crippen LogP contribution in [0.25, 0.3) is 0 Å². The molecule has 19 heavy (non-hydrogen) atoms. The fraction of sp³-hybridized carbons (Fsp3) is 0.812. The Morgan fingerprint density at radius 2 is 1.74 bits per heavy atom. The van der Waals surface area contributed by atoms with Crippen molar-refractivity contribution in [2.75, 3.05) is 7.05 Å². The van der Waals surface area contributed by atoms with Crippen molar-refractivity contribution < 1.29 is 0 Å². The van der Waals surface area contributed by atoms with Crippen molar-refractivity contribution in [3.8, 4) is 0 Å². The molecule has 0 radical (unpaired) electrons. The third-order valence-electron chi connectivity index (χ3n) is 4.77. The van der Waals surface area contributed by atoms with E-state index in [-0.39, 0.29) is 0 Å². The minimum absolute atomic E-state index is 0.516. The van der Waals surface area contributed by atoms with Gasteiger partial charge in [-0.1, -0.05) is 32.1 Å². The maximum Gasteiger partial charge on any atom is 0.0962 e. The van der Waals surface area contributed by atoms with Gasteiger partial charge in [0.05, 0.1) is 16.7 Å². The molecular weight excluding hydrogens is 252 g/mol. The van der Waals surface area contributed by atoms with Crippen LogP contribution in [-0.2, 0) is 6.42 Å². The number of hydrogen-bond donors (Lipinski definition) is 1. The summed E-state index contributed by atoms with van der Waals surface area (Å²) in [5.41, 5.74) is 1.39. The number of aromatic nitrogens is 1. The van der Waals surface area contributed by atoms with Crippen molar-refractivity contribution >= 4 is 11.3 Å². The van der Waals surface area contributed by atoms with Crippen LogP contribution in [0.4, 0.5) is 0 Å². The molecule has 1 unspecified atom stereocenters. The molecule has 0 aromatic carbocycles. The molecule has 2 aliphatic carbocycles. The van der Waals surface area contributed by atoms with E-state index in [4.69, 9.17) is 4.98 Å². The monoisotopic (exact) mass is 278 g/mol. The second-order valence-corrected chi connectivity index (χ2v) is 7.25. The van der Waals surface area contributed by atoms with Crippen LogP contribution in [0.15, 0.2) is 0 Å². The van der Waals surface area contributed by atoms with E-state index in [9.17, 15) is 0 Å². The first kappa shape index (κ1) is 13.6. The minimum atomic E-state index is 0.516. The Bertz CT molecular complexity index is 405. The lowest BCUT2D eigenvalue weighted by Crippen LogP contribution is -2.21. The maximum atomic E-state index is 5.06. The van der Waals surface area contributed by atoms with E-state index in [1.54, 1.807) is 4.88 Å². The molecule has 0 saturated heterocycles. The van der Waals surface area contributed by atoms with Crippen molar-refractivity contribution in [1.82, 2.24) is 10.3 Å². The number of nitrogens with zero attached hydrogens (tertiary/aromatic N) is 1. The van der Waals surface area contributed by atoms with E-state index in [0.717, 1.165) is 5.92 Å². The Hall–Kier alpha value is -0.410. The SMILES string of the molecule is CNC1CCCc2sc(C3CCCCCCC3)nc21. The molecule has 1 saturated carbocycles. The highest BCUT2D eigenvalue weighted by molar-refractivity contribution is 7.11. The molecule has 0 spiro atoms. The molecule has 0 bridgehead atoms. The molecule has 2 nitrogen and oxygen atoms in total. The topological polar surface area (TPSA) is 24.9 Å². The molecule has 3 rings (SSSR count). The summed E-state index contributed by atoms with van der Waals surface area (Å²) in [7, 11) is 2.08. The van der Waals surface area contributed by atoms with Gasteiger partial charge in [-0.3, -0.25) is 0 Å². The molecule has 3 heteroatoms. The van der Waals surface area contributed by atoms with E-state index in [1.165, 1.54) is 74.9 Å². The summed E-state index contributed by atoms with van der Waals surface area (Å²) in [6, 6.07) is 0.516. The van der Waals surface area contributed by atoms with Gasteiger partial charge in [-0.25, -0.2) is 4.98 Å².